The summed E-state index contributed by atoms with van der Waals surface area (Å²) in [6.45, 7) is 10.2. The van der Waals surface area contributed by atoms with Gasteiger partial charge in [-0.05, 0) is 51.3 Å². The van der Waals surface area contributed by atoms with Gasteiger partial charge < -0.3 is 9.84 Å². The molecular formula is C14H22O2. The van der Waals surface area contributed by atoms with Crippen LogP contribution in [-0.2, 0) is 10.3 Å². The molecule has 0 saturated carbocycles. The molecule has 1 atom stereocenters. The van der Waals surface area contributed by atoms with Crippen LogP contribution in [0.15, 0.2) is 18.2 Å². The summed E-state index contributed by atoms with van der Waals surface area (Å²) in [5.74, 6) is 0. The third-order valence-electron chi connectivity index (χ3n) is 2.83. The third-order valence-corrected chi connectivity index (χ3v) is 2.83. The van der Waals surface area contributed by atoms with Crippen LogP contribution in [-0.4, -0.2) is 17.8 Å². The molecule has 16 heavy (non-hydrogen) atoms. The average Bonchev–Trinajstić information content (AvgIpc) is 2.19. The van der Waals surface area contributed by atoms with E-state index >= 15 is 0 Å². The fourth-order valence-corrected chi connectivity index (χ4v) is 1.49. The Kier molecular flexibility index (Phi) is 4.11. The molecule has 90 valence electrons. The summed E-state index contributed by atoms with van der Waals surface area (Å²) in [4.78, 5) is 0. The van der Waals surface area contributed by atoms with E-state index in [2.05, 4.69) is 13.8 Å². The van der Waals surface area contributed by atoms with Gasteiger partial charge in [0.1, 0.15) is 5.60 Å². The second-order valence-corrected chi connectivity index (χ2v) is 4.93. The van der Waals surface area contributed by atoms with Gasteiger partial charge in [-0.15, -0.1) is 0 Å². The van der Waals surface area contributed by atoms with Gasteiger partial charge >= 0.3 is 0 Å². The zero-order valence-corrected chi connectivity index (χ0v) is 10.9. The topological polar surface area (TPSA) is 29.5 Å². The maximum absolute atomic E-state index is 10.3. The van der Waals surface area contributed by atoms with E-state index in [1.165, 1.54) is 11.1 Å². The molecule has 2 nitrogen and oxygen atoms in total. The summed E-state index contributed by atoms with van der Waals surface area (Å²) in [6, 6.07) is 6.03. The molecule has 1 rings (SSSR count). The molecule has 0 fully saturated rings. The molecule has 0 bridgehead atoms. The van der Waals surface area contributed by atoms with Crippen molar-refractivity contribution in [2.24, 2.45) is 0 Å². The number of aryl methyl sites for hydroxylation is 2. The molecule has 0 spiro atoms. The SMILES string of the molecule is Cc1ccc(C(C)(O)COC(C)C)cc1C. The first-order chi connectivity index (χ1) is 7.33. The molecule has 1 N–H and O–H groups in total. The van der Waals surface area contributed by atoms with Gasteiger partial charge in [0, 0.05) is 0 Å². The number of benzene rings is 1. The summed E-state index contributed by atoms with van der Waals surface area (Å²) in [6.07, 6.45) is 0.137. The normalized spacial score (nSPS) is 15.2. The van der Waals surface area contributed by atoms with Crippen LogP contribution >= 0.6 is 0 Å². The maximum atomic E-state index is 10.3. The highest BCUT2D eigenvalue weighted by Gasteiger charge is 2.24. The summed E-state index contributed by atoms with van der Waals surface area (Å²) in [5.41, 5.74) is 2.44. The standard InChI is InChI=1S/C14H22O2/c1-10(2)16-9-14(5,15)13-7-6-11(3)12(4)8-13/h6-8,10,15H,9H2,1-5H3. The Morgan fingerprint density at radius 3 is 2.38 bits per heavy atom. The molecule has 0 aliphatic heterocycles. The lowest BCUT2D eigenvalue weighted by molar-refractivity contribution is -0.0574. The molecule has 2 heteroatoms. The van der Waals surface area contributed by atoms with Gasteiger partial charge in [-0.25, -0.2) is 0 Å². The van der Waals surface area contributed by atoms with Gasteiger partial charge in [0.2, 0.25) is 0 Å². The highest BCUT2D eigenvalue weighted by atomic mass is 16.5. The summed E-state index contributed by atoms with van der Waals surface area (Å²) < 4.78 is 5.48. The molecule has 1 unspecified atom stereocenters. The van der Waals surface area contributed by atoms with Crippen LogP contribution in [0, 0.1) is 13.8 Å². The van der Waals surface area contributed by atoms with Crippen molar-refractivity contribution < 1.29 is 9.84 Å². The lowest BCUT2D eigenvalue weighted by Gasteiger charge is -2.25. The molecule has 0 amide bonds. The first kappa shape index (κ1) is 13.2. The van der Waals surface area contributed by atoms with E-state index in [-0.39, 0.29) is 6.10 Å². The minimum atomic E-state index is -0.914. The molecule has 0 aromatic heterocycles. The zero-order valence-electron chi connectivity index (χ0n) is 10.9. The fourth-order valence-electron chi connectivity index (χ4n) is 1.49. The van der Waals surface area contributed by atoms with Gasteiger partial charge in [0.25, 0.3) is 0 Å². The first-order valence-electron chi connectivity index (χ1n) is 5.74. The van der Waals surface area contributed by atoms with Gasteiger partial charge in [-0.3, -0.25) is 0 Å². The van der Waals surface area contributed by atoms with Crippen molar-refractivity contribution in [3.05, 3.63) is 34.9 Å². The van der Waals surface area contributed by atoms with Crippen molar-refractivity contribution >= 4 is 0 Å². The minimum Gasteiger partial charge on any atom is -0.383 e. The molecule has 0 heterocycles. The van der Waals surface area contributed by atoms with Crippen molar-refractivity contribution in [3.63, 3.8) is 0 Å². The van der Waals surface area contributed by atoms with Crippen molar-refractivity contribution in [2.75, 3.05) is 6.61 Å². The van der Waals surface area contributed by atoms with Crippen molar-refractivity contribution in [1.82, 2.24) is 0 Å². The second-order valence-electron chi connectivity index (χ2n) is 4.93. The molecule has 0 aliphatic carbocycles. The van der Waals surface area contributed by atoms with Gasteiger partial charge in [0.15, 0.2) is 0 Å². The smallest absolute Gasteiger partial charge is 0.110 e. The molecule has 1 aromatic rings. The number of hydrogen-bond acceptors (Lipinski definition) is 2. The van der Waals surface area contributed by atoms with E-state index in [9.17, 15) is 5.11 Å². The highest BCUT2D eigenvalue weighted by Crippen LogP contribution is 2.23. The Balaban J connectivity index is 2.84. The summed E-state index contributed by atoms with van der Waals surface area (Å²) >= 11 is 0. The lowest BCUT2D eigenvalue weighted by Crippen LogP contribution is -2.29. The van der Waals surface area contributed by atoms with Crippen LogP contribution in [0.1, 0.15) is 37.5 Å². The van der Waals surface area contributed by atoms with E-state index in [4.69, 9.17) is 4.74 Å². The Morgan fingerprint density at radius 2 is 1.88 bits per heavy atom. The molecular weight excluding hydrogens is 200 g/mol. The first-order valence-corrected chi connectivity index (χ1v) is 5.74. The summed E-state index contributed by atoms with van der Waals surface area (Å²) in [7, 11) is 0. The van der Waals surface area contributed by atoms with E-state index in [0.717, 1.165) is 5.56 Å². The third kappa shape index (κ3) is 3.32. The Morgan fingerprint density at radius 1 is 1.25 bits per heavy atom. The van der Waals surface area contributed by atoms with Crippen LogP contribution in [0.4, 0.5) is 0 Å². The van der Waals surface area contributed by atoms with E-state index in [1.807, 2.05) is 32.0 Å². The predicted octanol–water partition coefficient (Wildman–Crippen LogP) is 2.94. The Labute approximate surface area is 98.3 Å². The molecule has 1 aromatic carbocycles. The fraction of sp³-hybridized carbons (Fsp3) is 0.571. The maximum Gasteiger partial charge on any atom is 0.110 e. The number of ether oxygens (including phenoxy) is 1. The van der Waals surface area contributed by atoms with E-state index < -0.39 is 5.60 Å². The Bertz CT molecular complexity index is 354. The van der Waals surface area contributed by atoms with Crippen molar-refractivity contribution in [2.45, 2.75) is 46.3 Å². The van der Waals surface area contributed by atoms with Crippen LogP contribution in [0.2, 0.25) is 0 Å². The van der Waals surface area contributed by atoms with E-state index in [0.29, 0.717) is 6.61 Å². The number of rotatable bonds is 4. The molecule has 0 radical (unpaired) electrons. The van der Waals surface area contributed by atoms with Crippen molar-refractivity contribution in [1.29, 1.82) is 0 Å². The molecule has 0 aliphatic rings. The largest absolute Gasteiger partial charge is 0.383 e. The number of aliphatic hydroxyl groups is 1. The van der Waals surface area contributed by atoms with Gasteiger partial charge in [-0.1, -0.05) is 18.2 Å². The quantitative estimate of drug-likeness (QED) is 0.848. The van der Waals surface area contributed by atoms with Gasteiger partial charge in [-0.2, -0.15) is 0 Å². The zero-order chi connectivity index (χ0) is 12.3. The minimum absolute atomic E-state index is 0.137. The predicted molar refractivity (Wildman–Crippen MR) is 66.6 cm³/mol. The average molecular weight is 222 g/mol. The number of hydrogen-bond donors (Lipinski definition) is 1. The van der Waals surface area contributed by atoms with Gasteiger partial charge in [0.05, 0.1) is 12.7 Å². The van der Waals surface area contributed by atoms with Crippen molar-refractivity contribution in [3.8, 4) is 0 Å². The van der Waals surface area contributed by atoms with E-state index in [1.54, 1.807) is 6.92 Å². The second kappa shape index (κ2) is 4.98. The van der Waals surface area contributed by atoms with Crippen LogP contribution in [0.25, 0.3) is 0 Å². The Hall–Kier alpha value is -0.860. The van der Waals surface area contributed by atoms with Crippen LogP contribution in [0.5, 0.6) is 0 Å². The molecule has 0 saturated heterocycles. The van der Waals surface area contributed by atoms with Crippen LogP contribution in [0.3, 0.4) is 0 Å². The monoisotopic (exact) mass is 222 g/mol. The lowest BCUT2D eigenvalue weighted by atomic mass is 9.94. The van der Waals surface area contributed by atoms with Crippen LogP contribution < -0.4 is 0 Å². The summed E-state index contributed by atoms with van der Waals surface area (Å²) in [5, 5.41) is 10.3. The highest BCUT2D eigenvalue weighted by molar-refractivity contribution is 5.32.